The van der Waals surface area contributed by atoms with E-state index in [-0.39, 0.29) is 18.1 Å². The number of Topliss-reactive ketones (excluding diaryl/α,β-unsaturated/α-hetero) is 1. The van der Waals surface area contributed by atoms with Gasteiger partial charge >= 0.3 is 0 Å². The van der Waals surface area contributed by atoms with Crippen LogP contribution in [0.5, 0.6) is 17.2 Å². The molecule has 1 aliphatic carbocycles. The van der Waals surface area contributed by atoms with Gasteiger partial charge < -0.3 is 19.1 Å². The molecule has 0 saturated heterocycles. The van der Waals surface area contributed by atoms with E-state index >= 15 is 0 Å². The Morgan fingerprint density at radius 1 is 1.25 bits per heavy atom. The van der Waals surface area contributed by atoms with Gasteiger partial charge in [-0.2, -0.15) is 0 Å². The van der Waals surface area contributed by atoms with Crippen molar-refractivity contribution in [2.75, 3.05) is 13.7 Å². The maximum atomic E-state index is 12.4. The van der Waals surface area contributed by atoms with Gasteiger partial charge in [-0.05, 0) is 43.0 Å². The van der Waals surface area contributed by atoms with E-state index in [4.69, 9.17) is 9.47 Å². The topological polar surface area (TPSA) is 77.8 Å². The van der Waals surface area contributed by atoms with E-state index in [1.54, 1.807) is 25.3 Å². The predicted octanol–water partition coefficient (Wildman–Crippen LogP) is 2.23. The summed E-state index contributed by atoms with van der Waals surface area (Å²) in [5, 5.41) is 9.26. The molecule has 0 spiro atoms. The van der Waals surface area contributed by atoms with Gasteiger partial charge in [-0.1, -0.05) is 0 Å². The minimum atomic E-state index is -0.429. The largest absolute Gasteiger partial charge is 0.508 e. The first-order chi connectivity index (χ1) is 11.6. The van der Waals surface area contributed by atoms with Crippen LogP contribution in [0.25, 0.3) is 0 Å². The van der Waals surface area contributed by atoms with E-state index in [0.29, 0.717) is 29.6 Å². The van der Waals surface area contributed by atoms with Crippen LogP contribution in [0, 0.1) is 5.92 Å². The van der Waals surface area contributed by atoms with Crippen LogP contribution in [0.4, 0.5) is 0 Å². The number of pyridine rings is 1. The van der Waals surface area contributed by atoms with Gasteiger partial charge in [0.1, 0.15) is 5.75 Å². The van der Waals surface area contributed by atoms with Crippen molar-refractivity contribution in [2.45, 2.75) is 19.4 Å². The van der Waals surface area contributed by atoms with Gasteiger partial charge in [0.2, 0.25) is 0 Å². The first-order valence-electron chi connectivity index (χ1n) is 7.80. The third-order valence-corrected chi connectivity index (χ3v) is 3.95. The summed E-state index contributed by atoms with van der Waals surface area (Å²) in [5.74, 6) is 1.36. The molecule has 24 heavy (non-hydrogen) atoms. The van der Waals surface area contributed by atoms with E-state index in [9.17, 15) is 14.7 Å². The zero-order valence-corrected chi connectivity index (χ0v) is 13.4. The summed E-state index contributed by atoms with van der Waals surface area (Å²) in [7, 11) is 1.55. The number of hydrogen-bond acceptors (Lipinski definition) is 5. The quantitative estimate of drug-likeness (QED) is 0.788. The molecule has 126 valence electrons. The lowest BCUT2D eigenvalue weighted by molar-refractivity contribution is 0.0970. The Morgan fingerprint density at radius 2 is 2.04 bits per heavy atom. The number of hydrogen-bond donors (Lipinski definition) is 1. The summed E-state index contributed by atoms with van der Waals surface area (Å²) in [5.41, 5.74) is 0.0173. The highest BCUT2D eigenvalue weighted by Crippen LogP contribution is 2.33. The third kappa shape index (κ3) is 3.76. The molecule has 0 bridgehead atoms. The van der Waals surface area contributed by atoms with Gasteiger partial charge in [0.25, 0.3) is 5.56 Å². The molecule has 6 nitrogen and oxygen atoms in total. The molecule has 0 atom stereocenters. The van der Waals surface area contributed by atoms with Crippen LogP contribution in [0.1, 0.15) is 23.2 Å². The number of aromatic hydroxyl groups is 1. The number of methoxy groups -OCH3 is 1. The minimum absolute atomic E-state index is 0.104. The normalized spacial score (nSPS) is 13.5. The number of aromatic nitrogens is 1. The van der Waals surface area contributed by atoms with E-state index in [0.717, 1.165) is 6.07 Å². The number of benzene rings is 1. The van der Waals surface area contributed by atoms with E-state index in [2.05, 4.69) is 0 Å². The summed E-state index contributed by atoms with van der Waals surface area (Å²) in [6.45, 7) is 0.513. The number of rotatable bonds is 7. The van der Waals surface area contributed by atoms with Crippen LogP contribution in [-0.2, 0) is 6.54 Å². The molecule has 0 radical (unpaired) electrons. The zero-order valence-electron chi connectivity index (χ0n) is 13.4. The standard InChI is InChI=1S/C18H19NO5/c1-23-16-5-4-13(8-17(16)24-11-12-2-3-12)15(21)10-19-7-6-14(20)9-18(19)22/h4-9,12,20H,2-3,10-11H2,1H3. The summed E-state index contributed by atoms with van der Waals surface area (Å²) in [6, 6.07) is 7.43. The Labute approximate surface area is 139 Å². The van der Waals surface area contributed by atoms with Crippen LogP contribution in [0.2, 0.25) is 0 Å². The van der Waals surface area contributed by atoms with Gasteiger partial charge in [0.15, 0.2) is 17.3 Å². The van der Waals surface area contributed by atoms with Gasteiger partial charge in [0.05, 0.1) is 20.3 Å². The first kappa shape index (κ1) is 16.1. The summed E-state index contributed by atoms with van der Waals surface area (Å²) < 4.78 is 12.3. The number of carbonyl (C=O) groups is 1. The molecule has 1 aliphatic rings. The lowest BCUT2D eigenvalue weighted by Crippen LogP contribution is -2.22. The van der Waals surface area contributed by atoms with E-state index < -0.39 is 5.56 Å². The van der Waals surface area contributed by atoms with Crippen molar-refractivity contribution in [3.8, 4) is 17.2 Å². The minimum Gasteiger partial charge on any atom is -0.508 e. The molecule has 0 unspecified atom stereocenters. The van der Waals surface area contributed by atoms with Crippen molar-refractivity contribution < 1.29 is 19.4 Å². The Hall–Kier alpha value is -2.76. The van der Waals surface area contributed by atoms with Crippen LogP contribution < -0.4 is 15.0 Å². The number of ketones is 1. The average Bonchev–Trinajstić information content (AvgIpc) is 3.39. The zero-order chi connectivity index (χ0) is 17.1. The lowest BCUT2D eigenvalue weighted by Gasteiger charge is -2.12. The maximum absolute atomic E-state index is 12.4. The summed E-state index contributed by atoms with van der Waals surface area (Å²) in [6.07, 6.45) is 3.74. The van der Waals surface area contributed by atoms with Crippen molar-refractivity contribution in [3.05, 3.63) is 52.4 Å². The molecular weight excluding hydrogens is 310 g/mol. The van der Waals surface area contributed by atoms with Crippen molar-refractivity contribution >= 4 is 5.78 Å². The second kappa shape index (κ2) is 6.78. The smallest absolute Gasteiger partial charge is 0.254 e. The van der Waals surface area contributed by atoms with Crippen LogP contribution in [0.3, 0.4) is 0 Å². The van der Waals surface area contributed by atoms with Crippen molar-refractivity contribution in [1.29, 1.82) is 0 Å². The molecule has 0 amide bonds. The monoisotopic (exact) mass is 329 g/mol. The lowest BCUT2D eigenvalue weighted by atomic mass is 10.1. The molecule has 2 aromatic rings. The second-order valence-corrected chi connectivity index (χ2v) is 5.89. The Bertz CT molecular complexity index is 807. The molecule has 1 aromatic heterocycles. The van der Waals surface area contributed by atoms with Gasteiger partial charge in [-0.25, -0.2) is 0 Å². The molecule has 0 aliphatic heterocycles. The SMILES string of the molecule is COc1ccc(C(=O)Cn2ccc(O)cc2=O)cc1OCC1CC1. The fourth-order valence-corrected chi connectivity index (χ4v) is 2.33. The fourth-order valence-electron chi connectivity index (χ4n) is 2.33. The summed E-state index contributed by atoms with van der Waals surface area (Å²) in [4.78, 5) is 24.2. The van der Waals surface area contributed by atoms with Gasteiger partial charge in [-0.15, -0.1) is 0 Å². The molecular formula is C18H19NO5. The van der Waals surface area contributed by atoms with E-state index in [1.807, 2.05) is 0 Å². The molecule has 6 heteroatoms. The highest BCUT2D eigenvalue weighted by atomic mass is 16.5. The maximum Gasteiger partial charge on any atom is 0.254 e. The summed E-state index contributed by atoms with van der Waals surface area (Å²) >= 11 is 0. The van der Waals surface area contributed by atoms with Gasteiger partial charge in [0, 0.05) is 17.8 Å². The van der Waals surface area contributed by atoms with Crippen LogP contribution in [-0.4, -0.2) is 29.2 Å². The first-order valence-corrected chi connectivity index (χ1v) is 7.80. The molecule has 1 aromatic carbocycles. The fraction of sp³-hybridized carbons (Fsp3) is 0.333. The molecule has 1 saturated carbocycles. The number of carbonyl (C=O) groups excluding carboxylic acids is 1. The molecule has 3 rings (SSSR count). The molecule has 1 heterocycles. The Kier molecular flexibility index (Phi) is 4.55. The van der Waals surface area contributed by atoms with Crippen molar-refractivity contribution in [1.82, 2.24) is 4.57 Å². The van der Waals surface area contributed by atoms with Crippen molar-refractivity contribution in [2.24, 2.45) is 5.92 Å². The number of ether oxygens (including phenoxy) is 2. The van der Waals surface area contributed by atoms with Crippen LogP contribution >= 0.6 is 0 Å². The van der Waals surface area contributed by atoms with Crippen molar-refractivity contribution in [3.63, 3.8) is 0 Å². The molecule has 1 fully saturated rings. The van der Waals surface area contributed by atoms with Gasteiger partial charge in [-0.3, -0.25) is 9.59 Å². The Balaban J connectivity index is 1.78. The Morgan fingerprint density at radius 3 is 2.71 bits per heavy atom. The highest BCUT2D eigenvalue weighted by molar-refractivity contribution is 5.96. The van der Waals surface area contributed by atoms with E-state index in [1.165, 1.54) is 29.7 Å². The van der Waals surface area contributed by atoms with Crippen LogP contribution in [0.15, 0.2) is 41.3 Å². The molecule has 1 N–H and O–H groups in total. The average molecular weight is 329 g/mol. The second-order valence-electron chi connectivity index (χ2n) is 5.89. The number of nitrogens with zero attached hydrogens (tertiary/aromatic N) is 1. The third-order valence-electron chi connectivity index (χ3n) is 3.95. The predicted molar refractivity (Wildman–Crippen MR) is 87.9 cm³/mol. The highest BCUT2D eigenvalue weighted by Gasteiger charge is 2.23.